The Hall–Kier alpha value is -0.590. The number of rotatable bonds is 4. The summed E-state index contributed by atoms with van der Waals surface area (Å²) in [7, 11) is 0. The van der Waals surface area contributed by atoms with E-state index in [1.807, 2.05) is 0 Å². The first-order valence-corrected chi connectivity index (χ1v) is 4.48. The fraction of sp³-hybridized carbons (Fsp3) is 0.700. The van der Waals surface area contributed by atoms with Gasteiger partial charge in [-0.15, -0.1) is 0 Å². The Balaban J connectivity index is 2.24. The van der Waals surface area contributed by atoms with Crippen LogP contribution in [0.5, 0.6) is 0 Å². The van der Waals surface area contributed by atoms with Crippen molar-refractivity contribution in [1.82, 2.24) is 0 Å². The van der Waals surface area contributed by atoms with Gasteiger partial charge >= 0.3 is 0 Å². The standard InChI is InChI=1S/C10H16O/c1-2-3-9-4-5-10(8-9)6-7-11/h4-5,7,9-10H,2-3,6,8H2,1H3/t9-,10+/m1/s1. The van der Waals surface area contributed by atoms with E-state index in [9.17, 15) is 4.79 Å². The van der Waals surface area contributed by atoms with Gasteiger partial charge in [0.1, 0.15) is 6.29 Å². The fourth-order valence-electron chi connectivity index (χ4n) is 1.74. The summed E-state index contributed by atoms with van der Waals surface area (Å²) >= 11 is 0. The smallest absolute Gasteiger partial charge is 0.120 e. The molecular weight excluding hydrogens is 136 g/mol. The molecule has 0 bridgehead atoms. The number of allylic oxidation sites excluding steroid dienone is 2. The van der Waals surface area contributed by atoms with Crippen molar-refractivity contribution in [1.29, 1.82) is 0 Å². The average molecular weight is 152 g/mol. The largest absolute Gasteiger partial charge is 0.303 e. The molecular formula is C10H16O. The summed E-state index contributed by atoms with van der Waals surface area (Å²) in [5.41, 5.74) is 0. The Bertz CT molecular complexity index is 149. The van der Waals surface area contributed by atoms with E-state index >= 15 is 0 Å². The molecule has 62 valence electrons. The maximum Gasteiger partial charge on any atom is 0.120 e. The van der Waals surface area contributed by atoms with E-state index in [1.54, 1.807) is 0 Å². The molecule has 11 heavy (non-hydrogen) atoms. The zero-order valence-electron chi connectivity index (χ0n) is 7.12. The molecule has 1 nitrogen and oxygen atoms in total. The molecule has 2 atom stereocenters. The molecule has 0 aromatic heterocycles. The number of hydrogen-bond donors (Lipinski definition) is 0. The number of carbonyl (C=O) groups is 1. The summed E-state index contributed by atoms with van der Waals surface area (Å²) < 4.78 is 0. The van der Waals surface area contributed by atoms with Crippen molar-refractivity contribution in [3.05, 3.63) is 12.2 Å². The molecule has 0 fully saturated rings. The minimum Gasteiger partial charge on any atom is -0.303 e. The van der Waals surface area contributed by atoms with Crippen LogP contribution in [0, 0.1) is 11.8 Å². The average Bonchev–Trinajstić information content (AvgIpc) is 2.38. The second-order valence-electron chi connectivity index (χ2n) is 3.33. The Morgan fingerprint density at radius 3 is 2.82 bits per heavy atom. The lowest BCUT2D eigenvalue weighted by Crippen LogP contribution is -1.98. The minimum absolute atomic E-state index is 0.545. The van der Waals surface area contributed by atoms with Crippen LogP contribution in [0.25, 0.3) is 0 Å². The molecule has 0 spiro atoms. The van der Waals surface area contributed by atoms with Crippen LogP contribution in [0.3, 0.4) is 0 Å². The van der Waals surface area contributed by atoms with Crippen molar-refractivity contribution in [2.24, 2.45) is 11.8 Å². The van der Waals surface area contributed by atoms with Crippen LogP contribution in [-0.2, 0) is 4.79 Å². The lowest BCUT2D eigenvalue weighted by molar-refractivity contribution is -0.108. The highest BCUT2D eigenvalue weighted by Crippen LogP contribution is 2.28. The predicted molar refractivity (Wildman–Crippen MR) is 46.3 cm³/mol. The van der Waals surface area contributed by atoms with Crippen molar-refractivity contribution in [2.75, 3.05) is 0 Å². The second-order valence-corrected chi connectivity index (χ2v) is 3.33. The SMILES string of the molecule is CCC[C@@H]1C=C[C@@H](CC=O)C1. The Kier molecular flexibility index (Phi) is 3.34. The first-order chi connectivity index (χ1) is 5.36. The van der Waals surface area contributed by atoms with E-state index in [0.29, 0.717) is 5.92 Å². The highest BCUT2D eigenvalue weighted by atomic mass is 16.1. The highest BCUT2D eigenvalue weighted by Gasteiger charge is 2.16. The van der Waals surface area contributed by atoms with Gasteiger partial charge < -0.3 is 4.79 Å². The van der Waals surface area contributed by atoms with Gasteiger partial charge in [-0.1, -0.05) is 25.5 Å². The lowest BCUT2D eigenvalue weighted by atomic mass is 9.98. The van der Waals surface area contributed by atoms with E-state index < -0.39 is 0 Å². The third-order valence-corrected chi connectivity index (χ3v) is 2.32. The third-order valence-electron chi connectivity index (χ3n) is 2.32. The first-order valence-electron chi connectivity index (χ1n) is 4.48. The maximum absolute atomic E-state index is 10.2. The summed E-state index contributed by atoms with van der Waals surface area (Å²) in [6.07, 6.45) is 9.97. The van der Waals surface area contributed by atoms with E-state index in [-0.39, 0.29) is 0 Å². The van der Waals surface area contributed by atoms with Crippen LogP contribution in [0.2, 0.25) is 0 Å². The molecule has 0 saturated carbocycles. The molecule has 0 N–H and O–H groups in total. The number of hydrogen-bond acceptors (Lipinski definition) is 1. The van der Waals surface area contributed by atoms with E-state index in [0.717, 1.165) is 18.6 Å². The van der Waals surface area contributed by atoms with E-state index in [1.165, 1.54) is 19.3 Å². The molecule has 1 rings (SSSR count). The fourth-order valence-corrected chi connectivity index (χ4v) is 1.74. The quantitative estimate of drug-likeness (QED) is 0.447. The summed E-state index contributed by atoms with van der Waals surface area (Å²) in [6, 6.07) is 0. The van der Waals surface area contributed by atoms with Crippen molar-refractivity contribution < 1.29 is 4.79 Å². The van der Waals surface area contributed by atoms with Gasteiger partial charge in [0.25, 0.3) is 0 Å². The molecule has 1 aliphatic carbocycles. The van der Waals surface area contributed by atoms with E-state index in [4.69, 9.17) is 0 Å². The topological polar surface area (TPSA) is 17.1 Å². The molecule has 0 heterocycles. The van der Waals surface area contributed by atoms with Crippen molar-refractivity contribution >= 4 is 6.29 Å². The summed E-state index contributed by atoms with van der Waals surface area (Å²) in [6.45, 7) is 2.21. The minimum atomic E-state index is 0.545. The van der Waals surface area contributed by atoms with Gasteiger partial charge in [-0.05, 0) is 24.7 Å². The summed E-state index contributed by atoms with van der Waals surface area (Å²) in [5, 5.41) is 0. The van der Waals surface area contributed by atoms with Gasteiger partial charge in [-0.3, -0.25) is 0 Å². The van der Waals surface area contributed by atoms with Crippen LogP contribution in [0.1, 0.15) is 32.6 Å². The zero-order chi connectivity index (χ0) is 8.10. The zero-order valence-corrected chi connectivity index (χ0v) is 7.12. The monoisotopic (exact) mass is 152 g/mol. The molecule has 1 heteroatoms. The predicted octanol–water partition coefficient (Wildman–Crippen LogP) is 2.57. The normalized spacial score (nSPS) is 29.2. The van der Waals surface area contributed by atoms with Crippen LogP contribution < -0.4 is 0 Å². The van der Waals surface area contributed by atoms with Crippen molar-refractivity contribution in [3.63, 3.8) is 0 Å². The van der Waals surface area contributed by atoms with Gasteiger partial charge in [-0.2, -0.15) is 0 Å². The lowest BCUT2D eigenvalue weighted by Gasteiger charge is -2.07. The highest BCUT2D eigenvalue weighted by molar-refractivity contribution is 5.50. The Morgan fingerprint density at radius 1 is 1.45 bits per heavy atom. The van der Waals surface area contributed by atoms with Crippen LogP contribution in [0.15, 0.2) is 12.2 Å². The van der Waals surface area contributed by atoms with Crippen molar-refractivity contribution in [2.45, 2.75) is 32.6 Å². The molecule has 0 amide bonds. The first kappa shape index (κ1) is 8.51. The van der Waals surface area contributed by atoms with Crippen LogP contribution in [0.4, 0.5) is 0 Å². The van der Waals surface area contributed by atoms with Gasteiger partial charge in [0.15, 0.2) is 0 Å². The van der Waals surface area contributed by atoms with Crippen LogP contribution in [-0.4, -0.2) is 6.29 Å². The molecule has 0 saturated heterocycles. The molecule has 0 unspecified atom stereocenters. The van der Waals surface area contributed by atoms with Crippen molar-refractivity contribution in [3.8, 4) is 0 Å². The molecule has 0 aliphatic heterocycles. The van der Waals surface area contributed by atoms with E-state index in [2.05, 4.69) is 19.1 Å². The number of aldehydes is 1. The maximum atomic E-state index is 10.2. The second kappa shape index (κ2) is 4.32. The van der Waals surface area contributed by atoms with Gasteiger partial charge in [0, 0.05) is 6.42 Å². The molecule has 0 radical (unpaired) electrons. The molecule has 0 aromatic rings. The molecule has 0 aromatic carbocycles. The summed E-state index contributed by atoms with van der Waals surface area (Å²) in [4.78, 5) is 10.2. The molecule has 1 aliphatic rings. The third kappa shape index (κ3) is 2.49. The van der Waals surface area contributed by atoms with Gasteiger partial charge in [-0.25, -0.2) is 0 Å². The van der Waals surface area contributed by atoms with Gasteiger partial charge in [0.2, 0.25) is 0 Å². The van der Waals surface area contributed by atoms with Gasteiger partial charge in [0.05, 0.1) is 0 Å². The Morgan fingerprint density at radius 2 is 2.18 bits per heavy atom. The summed E-state index contributed by atoms with van der Waals surface area (Å²) in [5.74, 6) is 1.30. The number of carbonyl (C=O) groups excluding carboxylic acids is 1. The van der Waals surface area contributed by atoms with Crippen LogP contribution >= 0.6 is 0 Å². The Labute approximate surface area is 68.5 Å².